The molecule has 0 bridgehead atoms. The van der Waals surface area contributed by atoms with Crippen LogP contribution in [-0.4, -0.2) is 46.5 Å². The number of esters is 1. The van der Waals surface area contributed by atoms with Crippen molar-refractivity contribution in [3.8, 4) is 0 Å². The van der Waals surface area contributed by atoms with E-state index in [0.29, 0.717) is 24.4 Å². The van der Waals surface area contributed by atoms with Gasteiger partial charge in [0.2, 0.25) is 11.6 Å². The molecule has 11 nitrogen and oxygen atoms in total. The van der Waals surface area contributed by atoms with Crippen molar-refractivity contribution in [3.63, 3.8) is 0 Å². The van der Waals surface area contributed by atoms with Crippen LogP contribution in [0.3, 0.4) is 0 Å². The fourth-order valence-corrected chi connectivity index (χ4v) is 3.49. The lowest BCUT2D eigenvalue weighted by Gasteiger charge is -2.32. The van der Waals surface area contributed by atoms with Gasteiger partial charge in [0, 0.05) is 23.7 Å². The van der Waals surface area contributed by atoms with Gasteiger partial charge in [0.1, 0.15) is 6.33 Å². The highest BCUT2D eigenvalue weighted by atomic mass is 35.5. The standard InChI is InChI=1S/C19H21ClN6O5/c1-2-31-19(28)13-6-4-8-25(10-13)17-15(26(29)30)16(21-11-22-17)23-24-18(27)12-5-3-7-14(20)9-12/h3,5,7,9,11,13H,2,4,6,8,10H2,1H3,(H,24,27)(H,21,22,23). The minimum atomic E-state index is -0.628. The summed E-state index contributed by atoms with van der Waals surface area (Å²) in [6.07, 6.45) is 2.44. The van der Waals surface area contributed by atoms with Crippen molar-refractivity contribution in [2.45, 2.75) is 19.8 Å². The van der Waals surface area contributed by atoms with Crippen LogP contribution in [0.1, 0.15) is 30.1 Å². The number of aromatic nitrogens is 2. The van der Waals surface area contributed by atoms with E-state index < -0.39 is 22.4 Å². The summed E-state index contributed by atoms with van der Waals surface area (Å²) in [4.78, 5) is 45.2. The van der Waals surface area contributed by atoms with Crippen molar-refractivity contribution in [1.29, 1.82) is 0 Å². The largest absolute Gasteiger partial charge is 0.466 e. The second-order valence-electron chi connectivity index (χ2n) is 6.78. The Bertz CT molecular complexity index is 988. The Hall–Kier alpha value is -3.47. The van der Waals surface area contributed by atoms with Crippen LogP contribution in [-0.2, 0) is 9.53 Å². The number of hydrazine groups is 1. The molecule has 2 aromatic rings. The Kier molecular flexibility index (Phi) is 7.19. The molecule has 1 aliphatic heterocycles. The molecule has 1 aromatic heterocycles. The van der Waals surface area contributed by atoms with E-state index in [4.69, 9.17) is 16.3 Å². The Labute approximate surface area is 182 Å². The summed E-state index contributed by atoms with van der Waals surface area (Å²) in [6.45, 7) is 2.72. The van der Waals surface area contributed by atoms with Crippen LogP contribution in [0.15, 0.2) is 30.6 Å². The molecule has 1 aliphatic rings. The van der Waals surface area contributed by atoms with E-state index in [1.54, 1.807) is 30.0 Å². The first-order valence-corrected chi connectivity index (χ1v) is 10.0. The maximum atomic E-state index is 12.3. The third-order valence-corrected chi connectivity index (χ3v) is 4.94. The summed E-state index contributed by atoms with van der Waals surface area (Å²) in [7, 11) is 0. The Balaban J connectivity index is 1.80. The molecule has 1 amide bonds. The number of hydrogen-bond acceptors (Lipinski definition) is 9. The number of nitro groups is 1. The average Bonchev–Trinajstić information content (AvgIpc) is 2.77. The number of nitrogens with one attached hydrogen (secondary N) is 2. The van der Waals surface area contributed by atoms with Gasteiger partial charge < -0.3 is 9.64 Å². The number of benzene rings is 1. The van der Waals surface area contributed by atoms with Gasteiger partial charge in [-0.1, -0.05) is 17.7 Å². The fraction of sp³-hybridized carbons (Fsp3) is 0.368. The van der Waals surface area contributed by atoms with Crippen LogP contribution >= 0.6 is 11.6 Å². The van der Waals surface area contributed by atoms with E-state index in [0.717, 1.165) is 6.33 Å². The first-order valence-electron chi connectivity index (χ1n) is 9.63. The van der Waals surface area contributed by atoms with Crippen LogP contribution in [0.5, 0.6) is 0 Å². The highest BCUT2D eigenvalue weighted by Gasteiger charge is 2.33. The number of nitrogens with zero attached hydrogens (tertiary/aromatic N) is 4. The van der Waals surface area contributed by atoms with E-state index >= 15 is 0 Å². The Morgan fingerprint density at radius 3 is 2.90 bits per heavy atom. The van der Waals surface area contributed by atoms with Gasteiger partial charge in [0.15, 0.2) is 0 Å². The molecule has 31 heavy (non-hydrogen) atoms. The Morgan fingerprint density at radius 2 is 2.19 bits per heavy atom. The van der Waals surface area contributed by atoms with Crippen molar-refractivity contribution in [2.75, 3.05) is 30.0 Å². The number of anilines is 2. The second-order valence-corrected chi connectivity index (χ2v) is 7.21. The zero-order valence-electron chi connectivity index (χ0n) is 16.7. The van der Waals surface area contributed by atoms with E-state index in [2.05, 4.69) is 20.8 Å². The van der Waals surface area contributed by atoms with Gasteiger partial charge in [-0.05, 0) is 38.0 Å². The quantitative estimate of drug-likeness (QED) is 0.371. The van der Waals surface area contributed by atoms with Crippen LogP contribution in [0.25, 0.3) is 0 Å². The van der Waals surface area contributed by atoms with Crippen LogP contribution in [0.2, 0.25) is 5.02 Å². The smallest absolute Gasteiger partial charge is 0.355 e. The number of halogens is 1. The molecule has 164 valence electrons. The number of ether oxygens (including phenoxy) is 1. The number of piperidine rings is 1. The lowest BCUT2D eigenvalue weighted by atomic mass is 9.98. The molecule has 0 aliphatic carbocycles. The molecule has 0 spiro atoms. The highest BCUT2D eigenvalue weighted by Crippen LogP contribution is 2.34. The van der Waals surface area contributed by atoms with E-state index in [1.165, 1.54) is 6.07 Å². The third kappa shape index (κ3) is 5.37. The molecule has 12 heteroatoms. The fourth-order valence-electron chi connectivity index (χ4n) is 3.30. The first-order chi connectivity index (χ1) is 14.9. The summed E-state index contributed by atoms with van der Waals surface area (Å²) >= 11 is 5.88. The average molecular weight is 449 g/mol. The molecular formula is C19H21ClN6O5. The van der Waals surface area contributed by atoms with Gasteiger partial charge >= 0.3 is 11.7 Å². The van der Waals surface area contributed by atoms with Crippen LogP contribution in [0, 0.1) is 16.0 Å². The number of rotatable bonds is 7. The molecule has 2 N–H and O–H groups in total. The van der Waals surface area contributed by atoms with E-state index in [1.807, 2.05) is 0 Å². The van der Waals surface area contributed by atoms with Gasteiger partial charge in [0.25, 0.3) is 5.91 Å². The Morgan fingerprint density at radius 1 is 1.39 bits per heavy atom. The second kappa shape index (κ2) is 10.0. The van der Waals surface area contributed by atoms with Gasteiger partial charge in [-0.3, -0.25) is 30.6 Å². The SMILES string of the molecule is CCOC(=O)C1CCCN(c2ncnc(NNC(=O)c3cccc(Cl)c3)c2[N+](=O)[O-])C1. The first kappa shape index (κ1) is 22.2. The molecule has 1 fully saturated rings. The number of carbonyl (C=O) groups excluding carboxylic acids is 2. The van der Waals surface area contributed by atoms with Gasteiger partial charge in [-0.2, -0.15) is 0 Å². The zero-order chi connectivity index (χ0) is 22.4. The highest BCUT2D eigenvalue weighted by molar-refractivity contribution is 6.30. The predicted molar refractivity (Wildman–Crippen MR) is 113 cm³/mol. The maximum absolute atomic E-state index is 12.3. The molecule has 1 aromatic carbocycles. The summed E-state index contributed by atoms with van der Waals surface area (Å²) in [5, 5.41) is 12.2. The van der Waals surface area contributed by atoms with Gasteiger partial charge in [-0.15, -0.1) is 0 Å². The van der Waals surface area contributed by atoms with E-state index in [-0.39, 0.29) is 36.3 Å². The predicted octanol–water partition coefficient (Wildman–Crippen LogP) is 2.57. The normalized spacial score (nSPS) is 15.8. The lowest BCUT2D eigenvalue weighted by molar-refractivity contribution is -0.383. The summed E-state index contributed by atoms with van der Waals surface area (Å²) in [5.41, 5.74) is 4.73. The topological polar surface area (TPSA) is 140 Å². The van der Waals surface area contributed by atoms with Gasteiger partial charge in [-0.25, -0.2) is 9.97 Å². The van der Waals surface area contributed by atoms with Crippen molar-refractivity contribution in [3.05, 3.63) is 51.3 Å². The number of amides is 1. The zero-order valence-corrected chi connectivity index (χ0v) is 17.5. The molecule has 1 unspecified atom stereocenters. The van der Waals surface area contributed by atoms with Crippen molar-refractivity contribution < 1.29 is 19.2 Å². The molecule has 1 saturated heterocycles. The monoisotopic (exact) mass is 448 g/mol. The number of carbonyl (C=O) groups is 2. The molecule has 0 saturated carbocycles. The maximum Gasteiger partial charge on any atom is 0.355 e. The molecule has 0 radical (unpaired) electrons. The van der Waals surface area contributed by atoms with Crippen molar-refractivity contribution in [2.24, 2.45) is 5.92 Å². The molecule has 2 heterocycles. The summed E-state index contributed by atoms with van der Waals surface area (Å²) < 4.78 is 5.08. The van der Waals surface area contributed by atoms with Crippen LogP contribution in [0.4, 0.5) is 17.3 Å². The minimum Gasteiger partial charge on any atom is -0.466 e. The minimum absolute atomic E-state index is 0.0634. The lowest BCUT2D eigenvalue weighted by Crippen LogP contribution is -2.40. The molecule has 1 atom stereocenters. The van der Waals surface area contributed by atoms with Crippen molar-refractivity contribution >= 4 is 40.8 Å². The molecule has 3 rings (SSSR count). The summed E-state index contributed by atoms with van der Waals surface area (Å²) in [6, 6.07) is 6.24. The van der Waals surface area contributed by atoms with E-state index in [9.17, 15) is 19.7 Å². The third-order valence-electron chi connectivity index (χ3n) is 4.71. The molecular weight excluding hydrogens is 428 g/mol. The number of hydrogen-bond donors (Lipinski definition) is 2. The summed E-state index contributed by atoms with van der Waals surface area (Å²) in [5.74, 6) is -1.40. The van der Waals surface area contributed by atoms with Crippen LogP contribution < -0.4 is 15.8 Å². The van der Waals surface area contributed by atoms with Crippen molar-refractivity contribution in [1.82, 2.24) is 15.4 Å². The van der Waals surface area contributed by atoms with Gasteiger partial charge in [0.05, 0.1) is 17.4 Å².